The Morgan fingerprint density at radius 2 is 2.00 bits per heavy atom. The van der Waals surface area contributed by atoms with Crippen LogP contribution in [0.5, 0.6) is 0 Å². The minimum Gasteiger partial charge on any atom is -0.336 e. The van der Waals surface area contributed by atoms with Gasteiger partial charge in [-0.25, -0.2) is 9.18 Å². The second kappa shape index (κ2) is 7.85. The molecule has 0 aliphatic rings. The molecule has 112 valence electrons. The van der Waals surface area contributed by atoms with E-state index in [1.54, 1.807) is 13.0 Å². The van der Waals surface area contributed by atoms with Gasteiger partial charge >= 0.3 is 6.03 Å². The maximum atomic E-state index is 13.0. The van der Waals surface area contributed by atoms with E-state index in [1.807, 2.05) is 0 Å². The molecule has 1 aromatic rings. The predicted octanol–water partition coefficient (Wildman–Crippen LogP) is 2.99. The molecule has 0 aliphatic heterocycles. The van der Waals surface area contributed by atoms with Crippen molar-refractivity contribution in [1.29, 1.82) is 0 Å². The van der Waals surface area contributed by atoms with E-state index in [4.69, 9.17) is 0 Å². The number of amides is 2. The molecule has 0 fully saturated rings. The summed E-state index contributed by atoms with van der Waals surface area (Å²) in [6.07, 6.45) is 0. The van der Waals surface area contributed by atoms with Crippen molar-refractivity contribution in [3.05, 3.63) is 29.6 Å². The van der Waals surface area contributed by atoms with E-state index in [-0.39, 0.29) is 17.9 Å². The number of urea groups is 1. The highest BCUT2D eigenvalue weighted by Gasteiger charge is 2.11. The fraction of sp³-hybridized carbons (Fsp3) is 0.533. The zero-order valence-corrected chi connectivity index (χ0v) is 12.7. The minimum absolute atomic E-state index is 0.265. The normalized spacial score (nSPS) is 12.3. The summed E-state index contributed by atoms with van der Waals surface area (Å²) in [5.41, 5.74) is 1.33. The number of rotatable bonds is 6. The van der Waals surface area contributed by atoms with Gasteiger partial charge in [0.2, 0.25) is 0 Å². The standard InChI is InChI=1S/C15H24FN3O/c1-5-19(6-2)12(4)10-17-15(20)18-14-8-7-13(16)9-11(14)3/h7-9,12H,5-6,10H2,1-4H3,(H2,17,18,20)/t12-/m1/s1. The number of likely N-dealkylation sites (N-methyl/N-ethyl adjacent to an activating group) is 1. The monoisotopic (exact) mass is 281 g/mol. The molecule has 0 heterocycles. The van der Waals surface area contributed by atoms with E-state index in [0.717, 1.165) is 13.1 Å². The molecule has 2 N–H and O–H groups in total. The Hall–Kier alpha value is -1.62. The maximum absolute atomic E-state index is 13.0. The van der Waals surface area contributed by atoms with Gasteiger partial charge < -0.3 is 10.6 Å². The molecule has 0 unspecified atom stereocenters. The van der Waals surface area contributed by atoms with Crippen LogP contribution in [-0.4, -0.2) is 36.6 Å². The van der Waals surface area contributed by atoms with E-state index in [0.29, 0.717) is 17.8 Å². The SMILES string of the molecule is CCN(CC)[C@H](C)CNC(=O)Nc1ccc(F)cc1C. The van der Waals surface area contributed by atoms with Gasteiger partial charge in [-0.1, -0.05) is 13.8 Å². The second-order valence-corrected chi connectivity index (χ2v) is 4.86. The van der Waals surface area contributed by atoms with Gasteiger partial charge in [0.15, 0.2) is 0 Å². The third-order valence-electron chi connectivity index (χ3n) is 3.43. The number of nitrogens with zero attached hydrogens (tertiary/aromatic N) is 1. The molecule has 20 heavy (non-hydrogen) atoms. The van der Waals surface area contributed by atoms with Gasteiger partial charge in [-0.15, -0.1) is 0 Å². The summed E-state index contributed by atoms with van der Waals surface area (Å²) >= 11 is 0. The third kappa shape index (κ3) is 4.81. The Balaban J connectivity index is 2.48. The number of halogens is 1. The predicted molar refractivity (Wildman–Crippen MR) is 80.5 cm³/mol. The summed E-state index contributed by atoms with van der Waals surface area (Å²) in [4.78, 5) is 14.1. The van der Waals surface area contributed by atoms with E-state index in [9.17, 15) is 9.18 Å². The van der Waals surface area contributed by atoms with Crippen molar-refractivity contribution in [2.75, 3.05) is 25.0 Å². The van der Waals surface area contributed by atoms with Crippen molar-refractivity contribution in [2.45, 2.75) is 33.7 Å². The van der Waals surface area contributed by atoms with Crippen molar-refractivity contribution in [2.24, 2.45) is 0 Å². The van der Waals surface area contributed by atoms with Crippen LogP contribution in [0.3, 0.4) is 0 Å². The van der Waals surface area contributed by atoms with Gasteiger partial charge in [0.25, 0.3) is 0 Å². The van der Waals surface area contributed by atoms with Gasteiger partial charge in [0, 0.05) is 18.3 Å². The minimum atomic E-state index is -0.302. The molecule has 0 aliphatic carbocycles. The van der Waals surface area contributed by atoms with Gasteiger partial charge in [0.1, 0.15) is 5.82 Å². The van der Waals surface area contributed by atoms with Crippen LogP contribution in [0, 0.1) is 12.7 Å². The fourth-order valence-electron chi connectivity index (χ4n) is 2.15. The Morgan fingerprint density at radius 3 is 2.55 bits per heavy atom. The Bertz CT molecular complexity index is 447. The van der Waals surface area contributed by atoms with Crippen LogP contribution in [0.25, 0.3) is 0 Å². The first-order chi connectivity index (χ1) is 9.47. The highest BCUT2D eigenvalue weighted by molar-refractivity contribution is 5.90. The maximum Gasteiger partial charge on any atom is 0.319 e. The lowest BCUT2D eigenvalue weighted by atomic mass is 10.2. The first-order valence-corrected chi connectivity index (χ1v) is 7.03. The van der Waals surface area contributed by atoms with E-state index in [2.05, 4.69) is 36.3 Å². The van der Waals surface area contributed by atoms with Gasteiger partial charge in [-0.2, -0.15) is 0 Å². The molecule has 1 atom stereocenters. The zero-order valence-electron chi connectivity index (χ0n) is 12.7. The number of anilines is 1. The number of carbonyl (C=O) groups excluding carboxylic acids is 1. The lowest BCUT2D eigenvalue weighted by molar-refractivity contribution is 0.220. The third-order valence-corrected chi connectivity index (χ3v) is 3.43. The van der Waals surface area contributed by atoms with Crippen molar-refractivity contribution >= 4 is 11.7 Å². The molecule has 1 rings (SSSR count). The smallest absolute Gasteiger partial charge is 0.319 e. The molecule has 0 saturated carbocycles. The van der Waals surface area contributed by atoms with Crippen molar-refractivity contribution in [3.63, 3.8) is 0 Å². The average Bonchev–Trinajstić information content (AvgIpc) is 2.41. The average molecular weight is 281 g/mol. The fourth-order valence-corrected chi connectivity index (χ4v) is 2.15. The van der Waals surface area contributed by atoms with Crippen LogP contribution in [-0.2, 0) is 0 Å². The molecule has 1 aromatic carbocycles. The summed E-state index contributed by atoms with van der Waals surface area (Å²) < 4.78 is 13.0. The molecule has 0 radical (unpaired) electrons. The molecule has 0 aromatic heterocycles. The van der Waals surface area contributed by atoms with Crippen molar-refractivity contribution < 1.29 is 9.18 Å². The Kier molecular flexibility index (Phi) is 6.45. The van der Waals surface area contributed by atoms with E-state index in [1.165, 1.54) is 12.1 Å². The number of nitrogens with one attached hydrogen (secondary N) is 2. The first-order valence-electron chi connectivity index (χ1n) is 7.03. The van der Waals surface area contributed by atoms with Crippen LogP contribution in [0.2, 0.25) is 0 Å². The summed E-state index contributed by atoms with van der Waals surface area (Å²) in [6.45, 7) is 10.5. The van der Waals surface area contributed by atoms with Gasteiger partial charge in [-0.3, -0.25) is 4.90 Å². The van der Waals surface area contributed by atoms with Crippen molar-refractivity contribution in [1.82, 2.24) is 10.2 Å². The Labute approximate surface area is 120 Å². The number of carbonyl (C=O) groups is 1. The summed E-state index contributed by atoms with van der Waals surface area (Å²) in [5.74, 6) is -0.302. The number of aryl methyl sites for hydroxylation is 1. The molecule has 5 heteroatoms. The van der Waals surface area contributed by atoms with E-state index >= 15 is 0 Å². The van der Waals surface area contributed by atoms with Crippen LogP contribution in [0.15, 0.2) is 18.2 Å². The highest BCUT2D eigenvalue weighted by Crippen LogP contribution is 2.15. The topological polar surface area (TPSA) is 44.4 Å². The summed E-state index contributed by atoms with van der Waals surface area (Å²) in [6, 6.07) is 4.32. The molecule has 0 spiro atoms. The molecule has 0 bridgehead atoms. The Morgan fingerprint density at radius 1 is 1.35 bits per heavy atom. The molecular formula is C15H24FN3O. The summed E-state index contributed by atoms with van der Waals surface area (Å²) in [7, 11) is 0. The molecular weight excluding hydrogens is 257 g/mol. The second-order valence-electron chi connectivity index (χ2n) is 4.86. The summed E-state index contributed by atoms with van der Waals surface area (Å²) in [5, 5.41) is 5.57. The van der Waals surface area contributed by atoms with Crippen LogP contribution in [0.4, 0.5) is 14.9 Å². The first kappa shape index (κ1) is 16.4. The highest BCUT2D eigenvalue weighted by atomic mass is 19.1. The largest absolute Gasteiger partial charge is 0.336 e. The molecule has 0 saturated heterocycles. The zero-order chi connectivity index (χ0) is 15.1. The number of hydrogen-bond acceptors (Lipinski definition) is 2. The van der Waals surface area contributed by atoms with Crippen LogP contribution in [0.1, 0.15) is 26.3 Å². The molecule has 4 nitrogen and oxygen atoms in total. The van der Waals surface area contributed by atoms with Crippen LogP contribution >= 0.6 is 0 Å². The van der Waals surface area contributed by atoms with Gasteiger partial charge in [0.05, 0.1) is 0 Å². The number of hydrogen-bond donors (Lipinski definition) is 2. The van der Waals surface area contributed by atoms with Crippen LogP contribution < -0.4 is 10.6 Å². The van der Waals surface area contributed by atoms with Gasteiger partial charge in [-0.05, 0) is 50.7 Å². The molecule has 2 amide bonds. The lowest BCUT2D eigenvalue weighted by Crippen LogP contribution is -2.43. The lowest BCUT2D eigenvalue weighted by Gasteiger charge is -2.26. The quantitative estimate of drug-likeness (QED) is 0.842. The van der Waals surface area contributed by atoms with E-state index < -0.39 is 0 Å². The van der Waals surface area contributed by atoms with Crippen molar-refractivity contribution in [3.8, 4) is 0 Å². The number of benzene rings is 1.